The van der Waals surface area contributed by atoms with Gasteiger partial charge >= 0.3 is 0 Å². The molecule has 3 N–H and O–H groups in total. The summed E-state index contributed by atoms with van der Waals surface area (Å²) in [4.78, 5) is 12.4. The molecule has 0 saturated heterocycles. The maximum absolute atomic E-state index is 9.29. The number of hydrogen-bond acceptors (Lipinski definition) is 5. The van der Waals surface area contributed by atoms with Gasteiger partial charge in [-0.1, -0.05) is 19.1 Å². The number of aliphatic hydroxyl groups excluding tert-OH is 1. The first-order chi connectivity index (χ1) is 8.72. The molecule has 94 valence electrons. The van der Waals surface area contributed by atoms with Crippen LogP contribution < -0.4 is 5.73 Å². The van der Waals surface area contributed by atoms with E-state index >= 15 is 0 Å². The van der Waals surface area contributed by atoms with Gasteiger partial charge < -0.3 is 15.4 Å². The molecule has 2 aromatic rings. The van der Waals surface area contributed by atoms with Crippen LogP contribution in [0.15, 0.2) is 24.8 Å². The lowest BCUT2D eigenvalue weighted by molar-refractivity contribution is 0.206. The van der Waals surface area contributed by atoms with Crippen molar-refractivity contribution in [1.82, 2.24) is 19.5 Å². The van der Waals surface area contributed by atoms with Gasteiger partial charge in [0.15, 0.2) is 11.5 Å². The molecule has 0 amide bonds. The maximum Gasteiger partial charge on any atom is 0.165 e. The van der Waals surface area contributed by atoms with Crippen LogP contribution in [-0.2, 0) is 0 Å². The van der Waals surface area contributed by atoms with Crippen LogP contribution in [0.3, 0.4) is 0 Å². The largest absolute Gasteiger partial charge is 0.396 e. The first kappa shape index (κ1) is 11.2. The highest BCUT2D eigenvalue weighted by Gasteiger charge is 2.29. The molecule has 3 atom stereocenters. The van der Waals surface area contributed by atoms with Crippen LogP contribution in [-0.4, -0.2) is 31.2 Å². The van der Waals surface area contributed by atoms with Crippen molar-refractivity contribution in [3.63, 3.8) is 0 Å². The minimum absolute atomic E-state index is 0.154. The summed E-state index contributed by atoms with van der Waals surface area (Å²) in [6, 6.07) is 0.154. The fraction of sp³-hybridized carbons (Fsp3) is 0.417. The zero-order valence-corrected chi connectivity index (χ0v) is 10.1. The maximum atomic E-state index is 9.29. The molecule has 2 heterocycles. The molecule has 0 aromatic carbocycles. The quantitative estimate of drug-likeness (QED) is 0.762. The number of imidazole rings is 1. The Morgan fingerprint density at radius 1 is 1.33 bits per heavy atom. The van der Waals surface area contributed by atoms with Crippen LogP contribution >= 0.6 is 0 Å². The van der Waals surface area contributed by atoms with Crippen LogP contribution in [0.2, 0.25) is 0 Å². The molecule has 0 fully saturated rings. The van der Waals surface area contributed by atoms with Crippen molar-refractivity contribution in [1.29, 1.82) is 0 Å². The number of allylic oxidation sites excluding steroid dienone is 1. The van der Waals surface area contributed by atoms with Crippen molar-refractivity contribution in [3.8, 4) is 0 Å². The Hall–Kier alpha value is -1.95. The number of hydrogen-bond donors (Lipinski definition) is 2. The van der Waals surface area contributed by atoms with Crippen molar-refractivity contribution < 1.29 is 5.11 Å². The minimum Gasteiger partial charge on any atom is -0.396 e. The highest BCUT2D eigenvalue weighted by molar-refractivity contribution is 5.81. The van der Waals surface area contributed by atoms with E-state index in [9.17, 15) is 5.11 Å². The van der Waals surface area contributed by atoms with Crippen molar-refractivity contribution in [2.24, 2.45) is 11.8 Å². The van der Waals surface area contributed by atoms with Gasteiger partial charge in [-0.25, -0.2) is 15.0 Å². The van der Waals surface area contributed by atoms with E-state index in [0.717, 1.165) is 5.65 Å². The van der Waals surface area contributed by atoms with Gasteiger partial charge in [0.25, 0.3) is 0 Å². The van der Waals surface area contributed by atoms with Crippen molar-refractivity contribution in [3.05, 3.63) is 24.8 Å². The molecule has 18 heavy (non-hydrogen) atoms. The molecule has 0 saturated carbocycles. The van der Waals surface area contributed by atoms with E-state index in [1.54, 1.807) is 6.33 Å². The zero-order chi connectivity index (χ0) is 12.7. The number of rotatable bonds is 2. The van der Waals surface area contributed by atoms with Gasteiger partial charge in [0.1, 0.15) is 11.8 Å². The van der Waals surface area contributed by atoms with E-state index in [4.69, 9.17) is 5.73 Å². The molecule has 0 spiro atoms. The molecule has 6 heteroatoms. The molecule has 3 rings (SSSR count). The van der Waals surface area contributed by atoms with Gasteiger partial charge in [-0.15, -0.1) is 0 Å². The van der Waals surface area contributed by atoms with Gasteiger partial charge in [-0.3, -0.25) is 0 Å². The molecule has 1 aliphatic rings. The minimum atomic E-state index is 0.154. The van der Waals surface area contributed by atoms with Crippen LogP contribution in [0, 0.1) is 11.8 Å². The molecule has 6 nitrogen and oxygen atoms in total. The Balaban J connectivity index is 2.06. The lowest BCUT2D eigenvalue weighted by atomic mass is 9.95. The zero-order valence-electron chi connectivity index (χ0n) is 10.1. The summed E-state index contributed by atoms with van der Waals surface area (Å²) < 4.78 is 1.99. The van der Waals surface area contributed by atoms with Crippen molar-refractivity contribution in [2.75, 3.05) is 12.3 Å². The van der Waals surface area contributed by atoms with E-state index in [-0.39, 0.29) is 18.6 Å². The Bertz CT molecular complexity index is 606. The molecule has 1 aliphatic carbocycles. The molecular weight excluding hydrogens is 230 g/mol. The average molecular weight is 245 g/mol. The van der Waals surface area contributed by atoms with Crippen molar-refractivity contribution >= 4 is 17.0 Å². The highest BCUT2D eigenvalue weighted by Crippen LogP contribution is 2.35. The number of nitrogens with two attached hydrogens (primary N) is 1. The monoisotopic (exact) mass is 245 g/mol. The standard InChI is InChI=1S/C12H15N5O/c1-7-8(4-18)2-3-9(7)17-6-16-10-11(13)14-5-15-12(10)17/h2-3,5-9,18H,4H2,1H3,(H2,13,14,15)/t7-,8-,9-/m0/s1. The predicted octanol–water partition coefficient (Wildman–Crippen LogP) is 0.764. The number of anilines is 1. The van der Waals surface area contributed by atoms with E-state index in [1.165, 1.54) is 6.33 Å². The van der Waals surface area contributed by atoms with Gasteiger partial charge in [0.05, 0.1) is 12.4 Å². The number of aliphatic hydroxyl groups is 1. The molecule has 0 bridgehead atoms. The third-order valence-corrected chi connectivity index (χ3v) is 3.69. The molecular formula is C12H15N5O. The smallest absolute Gasteiger partial charge is 0.165 e. The number of aromatic nitrogens is 4. The van der Waals surface area contributed by atoms with E-state index in [1.807, 2.05) is 10.6 Å². The summed E-state index contributed by atoms with van der Waals surface area (Å²) in [5.74, 6) is 0.891. The van der Waals surface area contributed by atoms with Crippen LogP contribution in [0.1, 0.15) is 13.0 Å². The number of nitrogen functional groups attached to an aromatic ring is 1. The van der Waals surface area contributed by atoms with Crippen LogP contribution in [0.4, 0.5) is 5.82 Å². The van der Waals surface area contributed by atoms with E-state index in [2.05, 4.69) is 28.0 Å². The second kappa shape index (κ2) is 4.06. The van der Waals surface area contributed by atoms with Crippen LogP contribution in [0.5, 0.6) is 0 Å². The van der Waals surface area contributed by atoms with E-state index < -0.39 is 0 Å². The fourth-order valence-electron chi connectivity index (χ4n) is 2.52. The molecule has 2 aromatic heterocycles. The Labute approximate surface area is 104 Å². The summed E-state index contributed by atoms with van der Waals surface area (Å²) in [5.41, 5.74) is 7.14. The average Bonchev–Trinajstić information content (AvgIpc) is 2.93. The lowest BCUT2D eigenvalue weighted by Crippen LogP contribution is -2.18. The van der Waals surface area contributed by atoms with Gasteiger partial charge in [-0.2, -0.15) is 0 Å². The topological polar surface area (TPSA) is 89.8 Å². The van der Waals surface area contributed by atoms with Gasteiger partial charge in [0, 0.05) is 12.5 Å². The second-order valence-corrected chi connectivity index (χ2v) is 4.66. The number of nitrogens with zero attached hydrogens (tertiary/aromatic N) is 4. The summed E-state index contributed by atoms with van der Waals surface area (Å²) in [6.45, 7) is 2.28. The fourth-order valence-corrected chi connectivity index (χ4v) is 2.52. The highest BCUT2D eigenvalue weighted by atomic mass is 16.3. The van der Waals surface area contributed by atoms with Gasteiger partial charge in [-0.05, 0) is 5.92 Å². The number of fused-ring (bicyclic) bond motifs is 1. The molecule has 0 radical (unpaired) electrons. The summed E-state index contributed by atoms with van der Waals surface area (Å²) >= 11 is 0. The summed E-state index contributed by atoms with van der Waals surface area (Å²) in [7, 11) is 0. The summed E-state index contributed by atoms with van der Waals surface area (Å²) in [5, 5.41) is 9.29. The third kappa shape index (κ3) is 1.49. The molecule has 0 aliphatic heterocycles. The normalized spacial score (nSPS) is 27.1. The summed E-state index contributed by atoms with van der Waals surface area (Å²) in [6.07, 6.45) is 7.32. The second-order valence-electron chi connectivity index (χ2n) is 4.66. The Kier molecular flexibility index (Phi) is 2.52. The van der Waals surface area contributed by atoms with Crippen LogP contribution in [0.25, 0.3) is 11.2 Å². The third-order valence-electron chi connectivity index (χ3n) is 3.69. The Morgan fingerprint density at radius 2 is 2.17 bits per heavy atom. The first-order valence-electron chi connectivity index (χ1n) is 5.94. The van der Waals surface area contributed by atoms with E-state index in [0.29, 0.717) is 17.3 Å². The van der Waals surface area contributed by atoms with Gasteiger partial charge in [0.2, 0.25) is 0 Å². The first-order valence-corrected chi connectivity index (χ1v) is 5.94. The predicted molar refractivity (Wildman–Crippen MR) is 67.7 cm³/mol. The Morgan fingerprint density at radius 3 is 2.89 bits per heavy atom. The SMILES string of the molecule is C[C@H]1[C@H](CO)C=C[C@@H]1n1cnc2c(N)ncnc21. The van der Waals surface area contributed by atoms with Crippen molar-refractivity contribution in [2.45, 2.75) is 13.0 Å². The molecule has 0 unspecified atom stereocenters. The lowest BCUT2D eigenvalue weighted by Gasteiger charge is -2.21.